The fourth-order valence-corrected chi connectivity index (χ4v) is 4.76. The van der Waals surface area contributed by atoms with Gasteiger partial charge >= 0.3 is 0 Å². The van der Waals surface area contributed by atoms with E-state index >= 15 is 0 Å². The maximum Gasteiger partial charge on any atom is 0.230 e. The van der Waals surface area contributed by atoms with E-state index in [1.807, 2.05) is 0 Å². The van der Waals surface area contributed by atoms with E-state index in [0.29, 0.717) is 34.1 Å². The number of amides is 1. The van der Waals surface area contributed by atoms with Crippen LogP contribution >= 0.6 is 23.4 Å². The minimum absolute atomic E-state index is 0.0602. The van der Waals surface area contributed by atoms with Gasteiger partial charge in [-0.15, -0.1) is 11.8 Å². The molecule has 3 rings (SSSR count). The van der Waals surface area contributed by atoms with E-state index in [0.717, 1.165) is 12.3 Å². The molecule has 2 nitrogen and oxygen atoms in total. The van der Waals surface area contributed by atoms with Gasteiger partial charge in [-0.05, 0) is 43.2 Å². The average Bonchev–Trinajstić information content (AvgIpc) is 3.04. The van der Waals surface area contributed by atoms with Crippen molar-refractivity contribution in [3.63, 3.8) is 0 Å². The summed E-state index contributed by atoms with van der Waals surface area (Å²) < 4.78 is 13.6. The number of hydrogen-bond donors (Lipinski definition) is 1. The molecule has 2 aliphatic carbocycles. The molecule has 0 heterocycles. The molecule has 2 bridgehead atoms. The summed E-state index contributed by atoms with van der Waals surface area (Å²) in [7, 11) is 0. The van der Waals surface area contributed by atoms with Gasteiger partial charge in [0.1, 0.15) is 5.82 Å². The molecule has 0 unspecified atom stereocenters. The van der Waals surface area contributed by atoms with Crippen LogP contribution in [0, 0.1) is 17.7 Å². The molecular weight excluding hydrogens is 309 g/mol. The SMILES string of the molecule is O=C(CSCc1c(F)cccc1Cl)N[C@H]1C[C@@H]2CC[C@@H]1C2. The summed E-state index contributed by atoms with van der Waals surface area (Å²) in [4.78, 5) is 12.0. The number of rotatable bonds is 5. The van der Waals surface area contributed by atoms with Gasteiger partial charge in [0, 0.05) is 22.4 Å². The molecule has 2 saturated carbocycles. The standard InChI is InChI=1S/C16H19ClFNOS/c17-13-2-1-3-14(18)12(13)8-21-9-16(20)19-15-7-10-4-5-11(15)6-10/h1-3,10-11,15H,4-9H2,(H,19,20)/t10-,11-,15+/m1/s1. The van der Waals surface area contributed by atoms with E-state index < -0.39 is 0 Å². The predicted octanol–water partition coefficient (Wildman–Crippen LogP) is 4.02. The number of carbonyl (C=O) groups is 1. The van der Waals surface area contributed by atoms with Gasteiger partial charge in [-0.3, -0.25) is 4.79 Å². The number of carbonyl (C=O) groups excluding carboxylic acids is 1. The van der Waals surface area contributed by atoms with Gasteiger partial charge in [0.25, 0.3) is 0 Å². The zero-order valence-corrected chi connectivity index (χ0v) is 13.4. The summed E-state index contributed by atoms with van der Waals surface area (Å²) in [5.74, 6) is 2.05. The fourth-order valence-electron chi connectivity index (χ4n) is 3.59. The first-order valence-corrected chi connectivity index (χ1v) is 8.96. The fraction of sp³-hybridized carbons (Fsp3) is 0.562. The number of benzene rings is 1. The smallest absolute Gasteiger partial charge is 0.230 e. The minimum Gasteiger partial charge on any atom is -0.352 e. The number of fused-ring (bicyclic) bond motifs is 2. The molecule has 0 aromatic heterocycles. The highest BCUT2D eigenvalue weighted by atomic mass is 35.5. The zero-order chi connectivity index (χ0) is 14.8. The second-order valence-corrected chi connectivity index (χ2v) is 7.43. The number of nitrogens with one attached hydrogen (secondary N) is 1. The van der Waals surface area contributed by atoms with E-state index in [-0.39, 0.29) is 11.7 Å². The Balaban J connectivity index is 1.44. The van der Waals surface area contributed by atoms with Crippen molar-refractivity contribution in [1.82, 2.24) is 5.32 Å². The van der Waals surface area contributed by atoms with Crippen molar-refractivity contribution in [2.45, 2.75) is 37.5 Å². The topological polar surface area (TPSA) is 29.1 Å². The number of halogens is 2. The average molecular weight is 328 g/mol. The van der Waals surface area contributed by atoms with Crippen molar-refractivity contribution in [3.8, 4) is 0 Å². The maximum atomic E-state index is 13.6. The van der Waals surface area contributed by atoms with Gasteiger partial charge in [0.05, 0.1) is 5.75 Å². The third-order valence-corrected chi connectivity index (χ3v) is 5.94. The largest absolute Gasteiger partial charge is 0.352 e. The van der Waals surface area contributed by atoms with Crippen molar-refractivity contribution >= 4 is 29.3 Å². The van der Waals surface area contributed by atoms with Gasteiger partial charge in [0.2, 0.25) is 5.91 Å². The van der Waals surface area contributed by atoms with Gasteiger partial charge in [-0.1, -0.05) is 24.1 Å². The van der Waals surface area contributed by atoms with Gasteiger partial charge < -0.3 is 5.32 Å². The Kier molecular flexibility index (Phi) is 4.75. The Morgan fingerprint density at radius 3 is 2.90 bits per heavy atom. The molecule has 2 aliphatic rings. The van der Waals surface area contributed by atoms with E-state index in [9.17, 15) is 9.18 Å². The Morgan fingerprint density at radius 1 is 1.38 bits per heavy atom. The second-order valence-electron chi connectivity index (χ2n) is 6.04. The second kappa shape index (κ2) is 6.57. The van der Waals surface area contributed by atoms with E-state index in [4.69, 9.17) is 11.6 Å². The van der Waals surface area contributed by atoms with Crippen LogP contribution in [0.4, 0.5) is 4.39 Å². The quantitative estimate of drug-likeness (QED) is 0.885. The molecule has 0 saturated heterocycles. The number of hydrogen-bond acceptors (Lipinski definition) is 2. The van der Waals surface area contributed by atoms with Crippen molar-refractivity contribution in [2.24, 2.45) is 11.8 Å². The summed E-state index contributed by atoms with van der Waals surface area (Å²) in [5, 5.41) is 3.57. The first-order valence-electron chi connectivity index (χ1n) is 7.43. The molecule has 0 radical (unpaired) electrons. The van der Waals surface area contributed by atoms with Crippen LogP contribution in [0.1, 0.15) is 31.2 Å². The van der Waals surface area contributed by atoms with Crippen LogP contribution in [0.2, 0.25) is 5.02 Å². The Labute approximate surface area is 133 Å². The normalized spacial score (nSPS) is 27.0. The first kappa shape index (κ1) is 15.2. The predicted molar refractivity (Wildman–Crippen MR) is 85.0 cm³/mol. The molecule has 0 aliphatic heterocycles. The summed E-state index contributed by atoms with van der Waals surface area (Å²) in [6.45, 7) is 0. The van der Waals surface area contributed by atoms with Crippen LogP contribution in [0.15, 0.2) is 18.2 Å². The molecule has 114 valence electrons. The Bertz CT molecular complexity index is 519. The van der Waals surface area contributed by atoms with Crippen LogP contribution in [0.25, 0.3) is 0 Å². The summed E-state index contributed by atoms with van der Waals surface area (Å²) in [5.41, 5.74) is 0.483. The van der Waals surface area contributed by atoms with Crippen LogP contribution in [-0.2, 0) is 10.5 Å². The molecule has 21 heavy (non-hydrogen) atoms. The summed E-state index contributed by atoms with van der Waals surface area (Å²) in [6.07, 6.45) is 5.01. The van der Waals surface area contributed by atoms with Crippen LogP contribution in [0.5, 0.6) is 0 Å². The van der Waals surface area contributed by atoms with Crippen molar-refractivity contribution in [1.29, 1.82) is 0 Å². The zero-order valence-electron chi connectivity index (χ0n) is 11.8. The van der Waals surface area contributed by atoms with E-state index in [1.165, 1.54) is 37.1 Å². The van der Waals surface area contributed by atoms with Crippen LogP contribution in [0.3, 0.4) is 0 Å². The van der Waals surface area contributed by atoms with Crippen molar-refractivity contribution < 1.29 is 9.18 Å². The lowest BCUT2D eigenvalue weighted by molar-refractivity contribution is -0.119. The third kappa shape index (κ3) is 3.54. The molecular formula is C16H19ClFNOS. The third-order valence-electron chi connectivity index (χ3n) is 4.63. The molecule has 1 aromatic carbocycles. The highest BCUT2D eigenvalue weighted by molar-refractivity contribution is 7.99. The van der Waals surface area contributed by atoms with Crippen molar-refractivity contribution in [2.75, 3.05) is 5.75 Å². The molecule has 3 atom stereocenters. The maximum absolute atomic E-state index is 13.6. The lowest BCUT2D eigenvalue weighted by Gasteiger charge is -2.22. The molecule has 2 fully saturated rings. The summed E-state index contributed by atoms with van der Waals surface area (Å²) >= 11 is 7.38. The van der Waals surface area contributed by atoms with Crippen LogP contribution < -0.4 is 5.32 Å². The van der Waals surface area contributed by atoms with E-state index in [1.54, 1.807) is 12.1 Å². The van der Waals surface area contributed by atoms with Crippen LogP contribution in [-0.4, -0.2) is 17.7 Å². The number of thioether (sulfide) groups is 1. The van der Waals surface area contributed by atoms with Gasteiger partial charge in [-0.2, -0.15) is 0 Å². The van der Waals surface area contributed by atoms with E-state index in [2.05, 4.69) is 5.32 Å². The summed E-state index contributed by atoms with van der Waals surface area (Å²) in [6, 6.07) is 5.04. The van der Waals surface area contributed by atoms with Crippen molar-refractivity contribution in [3.05, 3.63) is 34.6 Å². The first-order chi connectivity index (χ1) is 10.1. The Hall–Kier alpha value is -0.740. The minimum atomic E-state index is -0.302. The highest BCUT2D eigenvalue weighted by Crippen LogP contribution is 2.44. The highest BCUT2D eigenvalue weighted by Gasteiger charge is 2.39. The lowest BCUT2D eigenvalue weighted by atomic mass is 9.95. The monoisotopic (exact) mass is 327 g/mol. The molecule has 1 N–H and O–H groups in total. The molecule has 1 amide bonds. The van der Waals surface area contributed by atoms with Gasteiger partial charge in [-0.25, -0.2) is 4.39 Å². The lowest BCUT2D eigenvalue weighted by Crippen LogP contribution is -2.39. The Morgan fingerprint density at radius 2 is 2.24 bits per heavy atom. The molecule has 0 spiro atoms. The molecule has 1 aromatic rings. The molecule has 5 heteroatoms. The van der Waals surface area contributed by atoms with Gasteiger partial charge in [0.15, 0.2) is 0 Å².